The van der Waals surface area contributed by atoms with E-state index in [0.29, 0.717) is 13.1 Å². The topological polar surface area (TPSA) is 53.0 Å². The molecule has 1 saturated heterocycles. The molecule has 0 bridgehead atoms. The molecule has 0 atom stereocenters. The second-order valence-electron chi connectivity index (χ2n) is 6.93. The molecule has 1 aliphatic heterocycles. The number of unbranched alkanes of at least 4 members (excludes halogenated alkanes) is 1. The van der Waals surface area contributed by atoms with E-state index in [1.54, 1.807) is 18.2 Å². The zero-order chi connectivity index (χ0) is 19.8. The molecule has 2 aromatic carbocycles. The van der Waals surface area contributed by atoms with Gasteiger partial charge in [0.2, 0.25) is 5.91 Å². The molecule has 28 heavy (non-hydrogen) atoms. The van der Waals surface area contributed by atoms with E-state index >= 15 is 0 Å². The summed E-state index contributed by atoms with van der Waals surface area (Å²) in [6, 6.07) is 15.0. The minimum atomic E-state index is 0.0358. The first-order valence-electron chi connectivity index (χ1n) is 9.89. The van der Waals surface area contributed by atoms with Crippen molar-refractivity contribution >= 4 is 17.7 Å². The molecule has 1 heterocycles. The van der Waals surface area contributed by atoms with Gasteiger partial charge in [0, 0.05) is 37.9 Å². The summed E-state index contributed by atoms with van der Waals surface area (Å²) in [6.45, 7) is 5.83. The monoisotopic (exact) mass is 380 g/mol. The highest BCUT2D eigenvalue weighted by Crippen LogP contribution is 2.20. The summed E-state index contributed by atoms with van der Waals surface area (Å²) in [5, 5.41) is 9.40. The van der Waals surface area contributed by atoms with E-state index in [9.17, 15) is 9.90 Å². The summed E-state index contributed by atoms with van der Waals surface area (Å²) in [7, 11) is 0. The molecular formula is C23H28N2O3. The number of hydrogen-bond donors (Lipinski definition) is 1. The molecule has 0 aromatic heterocycles. The Morgan fingerprint density at radius 2 is 1.71 bits per heavy atom. The van der Waals surface area contributed by atoms with Crippen LogP contribution < -0.4 is 9.64 Å². The maximum absolute atomic E-state index is 12.5. The van der Waals surface area contributed by atoms with Gasteiger partial charge < -0.3 is 19.6 Å². The molecule has 148 valence electrons. The number of amides is 1. The van der Waals surface area contributed by atoms with Crippen LogP contribution in [0.3, 0.4) is 0 Å². The molecule has 0 aliphatic carbocycles. The third-order valence-electron chi connectivity index (χ3n) is 4.87. The third-order valence-corrected chi connectivity index (χ3v) is 4.87. The number of carbonyl (C=O) groups is 1. The first-order valence-corrected chi connectivity index (χ1v) is 9.89. The Bertz CT molecular complexity index is 776. The Morgan fingerprint density at radius 1 is 1.04 bits per heavy atom. The highest BCUT2D eigenvalue weighted by Gasteiger charge is 2.19. The lowest BCUT2D eigenvalue weighted by atomic mass is 10.2. The minimum absolute atomic E-state index is 0.0358. The van der Waals surface area contributed by atoms with Crippen LogP contribution >= 0.6 is 0 Å². The number of benzene rings is 2. The molecule has 1 amide bonds. The van der Waals surface area contributed by atoms with Gasteiger partial charge in [0.1, 0.15) is 11.5 Å². The number of ether oxygens (including phenoxy) is 1. The second-order valence-corrected chi connectivity index (χ2v) is 6.93. The van der Waals surface area contributed by atoms with Crippen LogP contribution in [0.5, 0.6) is 11.5 Å². The fraction of sp³-hybridized carbons (Fsp3) is 0.348. The third kappa shape index (κ3) is 5.52. The number of carbonyl (C=O) groups excluding carboxylic acids is 1. The summed E-state index contributed by atoms with van der Waals surface area (Å²) >= 11 is 0. The molecule has 5 heteroatoms. The fourth-order valence-electron chi connectivity index (χ4n) is 3.13. The average Bonchev–Trinajstić information content (AvgIpc) is 2.74. The molecule has 2 aromatic rings. The predicted molar refractivity (Wildman–Crippen MR) is 113 cm³/mol. The SMILES string of the molecule is CCCCOc1ccc(C=CC(=O)N2CCN(c3ccc(O)cc3)CC2)cc1. The highest BCUT2D eigenvalue weighted by molar-refractivity contribution is 5.92. The van der Waals surface area contributed by atoms with E-state index in [1.165, 1.54) is 0 Å². The Hall–Kier alpha value is -2.95. The number of hydrogen-bond acceptors (Lipinski definition) is 4. The van der Waals surface area contributed by atoms with E-state index in [1.807, 2.05) is 47.4 Å². The maximum atomic E-state index is 12.5. The quantitative estimate of drug-likeness (QED) is 0.584. The molecule has 1 fully saturated rings. The van der Waals surface area contributed by atoms with E-state index in [4.69, 9.17) is 4.74 Å². The minimum Gasteiger partial charge on any atom is -0.508 e. The van der Waals surface area contributed by atoms with Gasteiger partial charge in [0.25, 0.3) is 0 Å². The van der Waals surface area contributed by atoms with Gasteiger partial charge in [-0.1, -0.05) is 25.5 Å². The predicted octanol–water partition coefficient (Wildman–Crippen LogP) is 3.93. The zero-order valence-electron chi connectivity index (χ0n) is 16.4. The Morgan fingerprint density at radius 3 is 2.36 bits per heavy atom. The van der Waals surface area contributed by atoms with Crippen LogP contribution in [0.25, 0.3) is 6.08 Å². The lowest BCUT2D eigenvalue weighted by Crippen LogP contribution is -2.48. The van der Waals surface area contributed by atoms with Gasteiger partial charge in [-0.05, 0) is 54.5 Å². The van der Waals surface area contributed by atoms with Crippen LogP contribution in [0.1, 0.15) is 25.3 Å². The maximum Gasteiger partial charge on any atom is 0.246 e. The van der Waals surface area contributed by atoms with Crippen LogP contribution in [0.4, 0.5) is 5.69 Å². The van der Waals surface area contributed by atoms with Crippen LogP contribution in [0.15, 0.2) is 54.6 Å². The number of aromatic hydroxyl groups is 1. The van der Waals surface area contributed by atoms with Crippen molar-refractivity contribution < 1.29 is 14.6 Å². The van der Waals surface area contributed by atoms with Crippen molar-refractivity contribution in [3.63, 3.8) is 0 Å². The summed E-state index contributed by atoms with van der Waals surface area (Å²) in [5.41, 5.74) is 2.06. The molecule has 0 saturated carbocycles. The van der Waals surface area contributed by atoms with Crippen molar-refractivity contribution in [2.24, 2.45) is 0 Å². The normalized spacial score (nSPS) is 14.5. The first kappa shape index (κ1) is 19.8. The molecule has 1 aliphatic rings. The summed E-state index contributed by atoms with van der Waals surface area (Å²) in [4.78, 5) is 16.6. The number of piperazine rings is 1. The molecule has 0 radical (unpaired) electrons. The number of phenols is 1. The molecule has 1 N–H and O–H groups in total. The Balaban J connectivity index is 1.48. The highest BCUT2D eigenvalue weighted by atomic mass is 16.5. The van der Waals surface area contributed by atoms with Crippen molar-refractivity contribution in [2.45, 2.75) is 19.8 Å². The van der Waals surface area contributed by atoms with Gasteiger partial charge in [-0.3, -0.25) is 4.79 Å². The molecule has 0 unspecified atom stereocenters. The largest absolute Gasteiger partial charge is 0.508 e. The van der Waals surface area contributed by atoms with Gasteiger partial charge >= 0.3 is 0 Å². The smallest absolute Gasteiger partial charge is 0.246 e. The average molecular weight is 380 g/mol. The second kappa shape index (κ2) is 9.83. The number of nitrogens with zero attached hydrogens (tertiary/aromatic N) is 2. The first-order chi connectivity index (χ1) is 13.7. The van der Waals surface area contributed by atoms with E-state index in [0.717, 1.165) is 49.5 Å². The zero-order valence-corrected chi connectivity index (χ0v) is 16.4. The van der Waals surface area contributed by atoms with Crippen LogP contribution in [-0.2, 0) is 4.79 Å². The number of anilines is 1. The van der Waals surface area contributed by atoms with E-state index in [-0.39, 0.29) is 11.7 Å². The Kier molecular flexibility index (Phi) is 6.95. The van der Waals surface area contributed by atoms with Crippen molar-refractivity contribution in [1.82, 2.24) is 4.90 Å². The molecule has 5 nitrogen and oxygen atoms in total. The number of phenolic OH excluding ortho intramolecular Hbond substituents is 1. The van der Waals surface area contributed by atoms with Crippen LogP contribution in [0, 0.1) is 0 Å². The lowest BCUT2D eigenvalue weighted by molar-refractivity contribution is -0.126. The van der Waals surface area contributed by atoms with Crippen molar-refractivity contribution in [3.8, 4) is 11.5 Å². The lowest BCUT2D eigenvalue weighted by Gasteiger charge is -2.35. The van der Waals surface area contributed by atoms with Gasteiger partial charge in [-0.2, -0.15) is 0 Å². The van der Waals surface area contributed by atoms with Gasteiger partial charge in [-0.15, -0.1) is 0 Å². The van der Waals surface area contributed by atoms with Crippen LogP contribution in [0.2, 0.25) is 0 Å². The standard InChI is InChI=1S/C23H28N2O3/c1-2-3-18-28-22-11-4-19(5-12-22)6-13-23(27)25-16-14-24(15-17-25)20-7-9-21(26)10-8-20/h4-13,26H,2-3,14-18H2,1H3. The van der Waals surface area contributed by atoms with E-state index < -0.39 is 0 Å². The summed E-state index contributed by atoms with van der Waals surface area (Å²) in [6.07, 6.45) is 5.66. The molecule has 0 spiro atoms. The summed E-state index contributed by atoms with van der Waals surface area (Å²) in [5.74, 6) is 1.17. The Labute approximate surface area is 166 Å². The van der Waals surface area contributed by atoms with E-state index in [2.05, 4.69) is 11.8 Å². The van der Waals surface area contributed by atoms with Crippen molar-refractivity contribution in [2.75, 3.05) is 37.7 Å². The summed E-state index contributed by atoms with van der Waals surface area (Å²) < 4.78 is 5.66. The molecular weight excluding hydrogens is 352 g/mol. The van der Waals surface area contributed by atoms with Crippen molar-refractivity contribution in [1.29, 1.82) is 0 Å². The van der Waals surface area contributed by atoms with Gasteiger partial charge in [0.05, 0.1) is 6.61 Å². The van der Waals surface area contributed by atoms with Gasteiger partial charge in [0.15, 0.2) is 0 Å². The van der Waals surface area contributed by atoms with Crippen molar-refractivity contribution in [3.05, 3.63) is 60.2 Å². The van der Waals surface area contributed by atoms with Crippen LogP contribution in [-0.4, -0.2) is 48.7 Å². The van der Waals surface area contributed by atoms with Gasteiger partial charge in [-0.25, -0.2) is 0 Å². The number of rotatable bonds is 7. The molecule has 3 rings (SSSR count). The fourth-order valence-corrected chi connectivity index (χ4v) is 3.13.